The minimum absolute atomic E-state index is 0.106. The number of rotatable bonds is 9. The number of hydrogen-bond donors (Lipinski definition) is 1. The molecule has 0 rings (SSSR count). The van der Waals surface area contributed by atoms with Gasteiger partial charge in [-0.15, -0.1) is 0 Å². The Morgan fingerprint density at radius 2 is 1.69 bits per heavy atom. The molecule has 80 valence electrons. The van der Waals surface area contributed by atoms with Gasteiger partial charge in [-0.2, -0.15) is 0 Å². The third kappa shape index (κ3) is 9.80. The summed E-state index contributed by atoms with van der Waals surface area (Å²) in [6, 6.07) is 0. The van der Waals surface area contributed by atoms with Crippen molar-refractivity contribution in [3.63, 3.8) is 0 Å². The second-order valence-electron chi connectivity index (χ2n) is 3.09. The fourth-order valence-corrected chi connectivity index (χ4v) is 0.905. The third-order valence-electron chi connectivity index (χ3n) is 1.76. The third-order valence-corrected chi connectivity index (χ3v) is 1.76. The Morgan fingerprint density at radius 3 is 2.23 bits per heavy atom. The van der Waals surface area contributed by atoms with Gasteiger partial charge in [-0.1, -0.05) is 13.3 Å². The smallest absolute Gasteiger partial charge is 0.154 e. The molecule has 0 aliphatic heterocycles. The Hall–Kier alpha value is -0.120. The summed E-state index contributed by atoms with van der Waals surface area (Å²) in [6.45, 7) is 5.74. The number of hydrogen-bond acceptors (Lipinski definition) is 3. The number of unbranched alkanes of at least 4 members (excludes halogenated alkanes) is 2. The van der Waals surface area contributed by atoms with E-state index in [2.05, 4.69) is 6.92 Å². The van der Waals surface area contributed by atoms with Gasteiger partial charge in [-0.25, -0.2) is 0 Å². The molecule has 0 bridgehead atoms. The maximum Gasteiger partial charge on any atom is 0.154 e. The SMILES string of the molecule is CCCCOC(C)OCCCCO. The normalized spacial score (nSPS) is 13.2. The number of ether oxygens (including phenoxy) is 2. The van der Waals surface area contributed by atoms with Gasteiger partial charge in [0.2, 0.25) is 0 Å². The van der Waals surface area contributed by atoms with Crippen LogP contribution in [-0.2, 0) is 9.47 Å². The van der Waals surface area contributed by atoms with E-state index in [1.807, 2.05) is 6.92 Å². The molecule has 0 spiro atoms. The van der Waals surface area contributed by atoms with E-state index in [0.29, 0.717) is 6.61 Å². The lowest BCUT2D eigenvalue weighted by atomic mass is 10.3. The van der Waals surface area contributed by atoms with Gasteiger partial charge in [-0.05, 0) is 26.2 Å². The van der Waals surface area contributed by atoms with Crippen molar-refractivity contribution in [2.45, 2.75) is 45.8 Å². The van der Waals surface area contributed by atoms with Crippen LogP contribution < -0.4 is 0 Å². The zero-order chi connectivity index (χ0) is 9.94. The standard InChI is InChI=1S/C10H22O3/c1-3-4-8-12-10(2)13-9-6-5-7-11/h10-11H,3-9H2,1-2H3. The molecule has 0 aliphatic rings. The van der Waals surface area contributed by atoms with E-state index in [0.717, 1.165) is 32.3 Å². The van der Waals surface area contributed by atoms with Crippen molar-refractivity contribution in [2.24, 2.45) is 0 Å². The average Bonchev–Trinajstić information content (AvgIpc) is 2.13. The Morgan fingerprint density at radius 1 is 1.08 bits per heavy atom. The largest absolute Gasteiger partial charge is 0.396 e. The zero-order valence-electron chi connectivity index (χ0n) is 8.79. The van der Waals surface area contributed by atoms with Gasteiger partial charge in [0, 0.05) is 19.8 Å². The van der Waals surface area contributed by atoms with Gasteiger partial charge in [0.15, 0.2) is 6.29 Å². The molecular weight excluding hydrogens is 168 g/mol. The second-order valence-corrected chi connectivity index (χ2v) is 3.09. The van der Waals surface area contributed by atoms with Gasteiger partial charge in [-0.3, -0.25) is 0 Å². The van der Waals surface area contributed by atoms with Crippen LogP contribution in [-0.4, -0.2) is 31.2 Å². The fourth-order valence-electron chi connectivity index (χ4n) is 0.905. The lowest BCUT2D eigenvalue weighted by Gasteiger charge is -2.13. The molecule has 3 heteroatoms. The Balaban J connectivity index is 3.05. The molecule has 0 aromatic carbocycles. The summed E-state index contributed by atoms with van der Waals surface area (Å²) in [5.41, 5.74) is 0. The summed E-state index contributed by atoms with van der Waals surface area (Å²) in [5.74, 6) is 0. The maximum atomic E-state index is 8.52. The molecule has 0 heterocycles. The molecule has 13 heavy (non-hydrogen) atoms. The van der Waals surface area contributed by atoms with Crippen molar-refractivity contribution in [3.05, 3.63) is 0 Å². The van der Waals surface area contributed by atoms with Crippen LogP contribution in [0.3, 0.4) is 0 Å². The first kappa shape index (κ1) is 12.9. The predicted octanol–water partition coefficient (Wildman–Crippen LogP) is 1.94. The first-order valence-corrected chi connectivity index (χ1v) is 5.15. The Bertz CT molecular complexity index is 96.2. The summed E-state index contributed by atoms with van der Waals surface area (Å²) >= 11 is 0. The van der Waals surface area contributed by atoms with Crippen LogP contribution in [0.2, 0.25) is 0 Å². The molecule has 1 unspecified atom stereocenters. The highest BCUT2D eigenvalue weighted by Gasteiger charge is 2.00. The Kier molecular flexibility index (Phi) is 9.87. The first-order chi connectivity index (χ1) is 6.31. The first-order valence-electron chi connectivity index (χ1n) is 5.15. The Labute approximate surface area is 81.0 Å². The molecule has 0 radical (unpaired) electrons. The van der Waals surface area contributed by atoms with Gasteiger partial charge in [0.25, 0.3) is 0 Å². The fraction of sp³-hybridized carbons (Fsp3) is 1.00. The lowest BCUT2D eigenvalue weighted by Crippen LogP contribution is -2.14. The van der Waals surface area contributed by atoms with Crippen molar-refractivity contribution in [1.29, 1.82) is 0 Å². The van der Waals surface area contributed by atoms with Crippen molar-refractivity contribution >= 4 is 0 Å². The van der Waals surface area contributed by atoms with Gasteiger partial charge < -0.3 is 14.6 Å². The van der Waals surface area contributed by atoms with Crippen LogP contribution >= 0.6 is 0 Å². The summed E-state index contributed by atoms with van der Waals surface area (Å²) < 4.78 is 10.7. The molecule has 0 aliphatic carbocycles. The van der Waals surface area contributed by atoms with Crippen molar-refractivity contribution in [2.75, 3.05) is 19.8 Å². The molecule has 0 aromatic rings. The highest BCUT2D eigenvalue weighted by atomic mass is 16.7. The monoisotopic (exact) mass is 190 g/mol. The van der Waals surface area contributed by atoms with Gasteiger partial charge in [0.05, 0.1) is 0 Å². The number of aliphatic hydroxyl groups excluding tert-OH is 1. The highest BCUT2D eigenvalue weighted by molar-refractivity contribution is 4.39. The molecule has 3 nitrogen and oxygen atoms in total. The topological polar surface area (TPSA) is 38.7 Å². The van der Waals surface area contributed by atoms with E-state index < -0.39 is 0 Å². The minimum Gasteiger partial charge on any atom is -0.396 e. The van der Waals surface area contributed by atoms with E-state index in [-0.39, 0.29) is 12.9 Å². The van der Waals surface area contributed by atoms with E-state index in [4.69, 9.17) is 14.6 Å². The van der Waals surface area contributed by atoms with E-state index in [9.17, 15) is 0 Å². The maximum absolute atomic E-state index is 8.52. The predicted molar refractivity (Wildman–Crippen MR) is 52.6 cm³/mol. The van der Waals surface area contributed by atoms with E-state index in [1.165, 1.54) is 0 Å². The van der Waals surface area contributed by atoms with Gasteiger partial charge in [0.1, 0.15) is 0 Å². The van der Waals surface area contributed by atoms with E-state index in [1.54, 1.807) is 0 Å². The number of aliphatic hydroxyl groups is 1. The molecule has 1 atom stereocenters. The molecule has 0 fully saturated rings. The summed E-state index contributed by atoms with van der Waals surface area (Å²) in [7, 11) is 0. The highest BCUT2D eigenvalue weighted by Crippen LogP contribution is 1.98. The van der Waals surface area contributed by atoms with Gasteiger partial charge >= 0.3 is 0 Å². The minimum atomic E-state index is -0.106. The van der Waals surface area contributed by atoms with Crippen LogP contribution in [0.15, 0.2) is 0 Å². The lowest BCUT2D eigenvalue weighted by molar-refractivity contribution is -0.131. The van der Waals surface area contributed by atoms with Crippen molar-refractivity contribution < 1.29 is 14.6 Å². The molecule has 1 N–H and O–H groups in total. The van der Waals surface area contributed by atoms with Crippen molar-refractivity contribution in [3.8, 4) is 0 Å². The van der Waals surface area contributed by atoms with Crippen LogP contribution in [0.25, 0.3) is 0 Å². The summed E-state index contributed by atoms with van der Waals surface area (Å²) in [5, 5.41) is 8.52. The zero-order valence-corrected chi connectivity index (χ0v) is 8.79. The summed E-state index contributed by atoms with van der Waals surface area (Å²) in [6.07, 6.45) is 3.84. The van der Waals surface area contributed by atoms with Crippen LogP contribution in [0, 0.1) is 0 Å². The molecular formula is C10H22O3. The molecule has 0 saturated carbocycles. The molecule has 0 saturated heterocycles. The molecule has 0 amide bonds. The summed E-state index contributed by atoms with van der Waals surface area (Å²) in [4.78, 5) is 0. The van der Waals surface area contributed by atoms with Crippen molar-refractivity contribution in [1.82, 2.24) is 0 Å². The van der Waals surface area contributed by atoms with Crippen LogP contribution in [0.1, 0.15) is 39.5 Å². The van der Waals surface area contributed by atoms with Crippen LogP contribution in [0.4, 0.5) is 0 Å². The molecule has 0 aromatic heterocycles. The second kappa shape index (κ2) is 9.96. The van der Waals surface area contributed by atoms with E-state index >= 15 is 0 Å². The van der Waals surface area contributed by atoms with Crippen LogP contribution in [0.5, 0.6) is 0 Å². The quantitative estimate of drug-likeness (QED) is 0.446. The average molecular weight is 190 g/mol.